The molecule has 1 fully saturated rings. The predicted octanol–water partition coefficient (Wildman–Crippen LogP) is 3.30. The Kier molecular flexibility index (Phi) is 6.65. The molecule has 0 heterocycles. The first-order valence-corrected chi connectivity index (χ1v) is 7.31. The minimum absolute atomic E-state index is 0.0566. The first kappa shape index (κ1) is 14.2. The van der Waals surface area contributed by atoms with Crippen LogP contribution in [0.25, 0.3) is 0 Å². The Morgan fingerprint density at radius 2 is 2.00 bits per heavy atom. The number of alkyl halides is 1. The number of esters is 1. The highest BCUT2D eigenvalue weighted by molar-refractivity contribution is 14.1. The van der Waals surface area contributed by atoms with E-state index in [0.29, 0.717) is 5.92 Å². The molecule has 1 saturated carbocycles. The summed E-state index contributed by atoms with van der Waals surface area (Å²) in [7, 11) is 1.63. The lowest BCUT2D eigenvalue weighted by molar-refractivity contribution is -0.186. The van der Waals surface area contributed by atoms with Crippen molar-refractivity contribution in [2.75, 3.05) is 7.11 Å². The Hall–Kier alpha value is 0.160. The van der Waals surface area contributed by atoms with Crippen molar-refractivity contribution in [3.8, 4) is 0 Å². The fraction of sp³-hybridized carbons (Fsp3) is 0.917. The van der Waals surface area contributed by atoms with Crippen molar-refractivity contribution in [1.29, 1.82) is 0 Å². The second kappa shape index (κ2) is 7.48. The van der Waals surface area contributed by atoms with E-state index in [4.69, 9.17) is 9.47 Å². The molecular weight excluding hydrogens is 319 g/mol. The number of carbonyl (C=O) groups excluding carboxylic acids is 1. The highest BCUT2D eigenvalue weighted by Crippen LogP contribution is 2.28. The van der Waals surface area contributed by atoms with E-state index in [1.165, 1.54) is 19.3 Å². The summed E-state index contributed by atoms with van der Waals surface area (Å²) in [5.41, 5.74) is 0. The third-order valence-corrected chi connectivity index (χ3v) is 4.50. The third-order valence-electron chi connectivity index (χ3n) is 3.11. The maximum atomic E-state index is 11.7. The van der Waals surface area contributed by atoms with E-state index in [1.54, 1.807) is 7.11 Å². The van der Waals surface area contributed by atoms with E-state index in [0.717, 1.165) is 19.3 Å². The Balaban J connectivity index is 2.44. The third kappa shape index (κ3) is 4.20. The highest BCUT2D eigenvalue weighted by atomic mass is 127. The number of carbonyl (C=O) groups is 1. The van der Waals surface area contributed by atoms with Crippen LogP contribution in [-0.2, 0) is 14.3 Å². The van der Waals surface area contributed by atoms with Crippen molar-refractivity contribution in [1.82, 2.24) is 0 Å². The minimum atomic E-state index is -0.336. The number of methoxy groups -OCH3 is 1. The second-order valence-electron chi connectivity index (χ2n) is 4.31. The molecule has 2 unspecified atom stereocenters. The fourth-order valence-corrected chi connectivity index (χ4v) is 2.24. The van der Waals surface area contributed by atoms with E-state index >= 15 is 0 Å². The van der Waals surface area contributed by atoms with Gasteiger partial charge in [-0.05, 0) is 19.3 Å². The van der Waals surface area contributed by atoms with Crippen LogP contribution < -0.4 is 0 Å². The van der Waals surface area contributed by atoms with Crippen molar-refractivity contribution in [3.05, 3.63) is 0 Å². The van der Waals surface area contributed by atoms with E-state index in [1.807, 2.05) is 6.92 Å². The molecule has 3 nitrogen and oxygen atoms in total. The van der Waals surface area contributed by atoms with Gasteiger partial charge in [0, 0.05) is 13.0 Å². The molecule has 2 atom stereocenters. The average molecular weight is 340 g/mol. The molecule has 0 N–H and O–H groups in total. The van der Waals surface area contributed by atoms with Crippen LogP contribution in [0.2, 0.25) is 0 Å². The van der Waals surface area contributed by atoms with Crippen LogP contribution in [-0.4, -0.2) is 23.3 Å². The molecule has 0 aromatic heterocycles. The minimum Gasteiger partial charge on any atom is -0.435 e. The van der Waals surface area contributed by atoms with Gasteiger partial charge in [0.1, 0.15) is 3.92 Å². The fourth-order valence-electron chi connectivity index (χ4n) is 2.10. The highest BCUT2D eigenvalue weighted by Gasteiger charge is 2.28. The van der Waals surface area contributed by atoms with E-state index in [2.05, 4.69) is 22.6 Å². The molecular formula is C12H21IO3. The number of rotatable bonds is 5. The number of hydrogen-bond acceptors (Lipinski definition) is 3. The zero-order chi connectivity index (χ0) is 12.0. The normalized spacial score (nSPS) is 21.4. The largest absolute Gasteiger partial charge is 0.435 e. The molecule has 1 rings (SSSR count). The molecule has 0 aromatic rings. The zero-order valence-corrected chi connectivity index (χ0v) is 12.2. The standard InChI is InChI=1S/C12H21IO3/c1-3-10(13)11(14)16-12(15-2)9-7-5-4-6-8-9/h9-10,12H,3-8H2,1-2H3. The summed E-state index contributed by atoms with van der Waals surface area (Å²) in [4.78, 5) is 11.7. The topological polar surface area (TPSA) is 35.5 Å². The SMILES string of the molecule is CCC(I)C(=O)OC(OC)C1CCCCC1. The van der Waals surface area contributed by atoms with Crippen LogP contribution in [0.5, 0.6) is 0 Å². The molecule has 0 amide bonds. The molecule has 16 heavy (non-hydrogen) atoms. The predicted molar refractivity (Wildman–Crippen MR) is 71.6 cm³/mol. The van der Waals surface area contributed by atoms with Crippen molar-refractivity contribution in [3.63, 3.8) is 0 Å². The zero-order valence-electron chi connectivity index (χ0n) is 10.1. The molecule has 0 spiro atoms. The first-order valence-electron chi connectivity index (χ1n) is 6.06. The van der Waals surface area contributed by atoms with E-state index < -0.39 is 0 Å². The number of halogens is 1. The quantitative estimate of drug-likeness (QED) is 0.333. The lowest BCUT2D eigenvalue weighted by atomic mass is 9.89. The van der Waals surface area contributed by atoms with Gasteiger partial charge in [0.2, 0.25) is 6.29 Å². The Bertz CT molecular complexity index is 214. The summed E-state index contributed by atoms with van der Waals surface area (Å²) in [5.74, 6) is 0.253. The summed E-state index contributed by atoms with van der Waals surface area (Å²) in [6.07, 6.45) is 6.45. The van der Waals surface area contributed by atoms with Crippen molar-refractivity contribution >= 4 is 28.6 Å². The van der Waals surface area contributed by atoms with Gasteiger partial charge < -0.3 is 9.47 Å². The van der Waals surface area contributed by atoms with Gasteiger partial charge in [0.05, 0.1) is 0 Å². The average Bonchev–Trinajstić information content (AvgIpc) is 2.35. The molecule has 0 bridgehead atoms. The maximum Gasteiger partial charge on any atom is 0.321 e. The lowest BCUT2D eigenvalue weighted by Gasteiger charge is -2.29. The van der Waals surface area contributed by atoms with Crippen LogP contribution >= 0.6 is 22.6 Å². The summed E-state index contributed by atoms with van der Waals surface area (Å²) >= 11 is 2.12. The molecule has 94 valence electrons. The molecule has 1 aliphatic carbocycles. The van der Waals surface area contributed by atoms with Gasteiger partial charge in [-0.3, -0.25) is 4.79 Å². The first-order chi connectivity index (χ1) is 7.69. The van der Waals surface area contributed by atoms with Gasteiger partial charge in [-0.25, -0.2) is 0 Å². The van der Waals surface area contributed by atoms with Gasteiger partial charge >= 0.3 is 5.97 Å². The van der Waals surface area contributed by atoms with Crippen molar-refractivity contribution in [2.45, 2.75) is 55.7 Å². The van der Waals surface area contributed by atoms with Crippen LogP contribution in [0.1, 0.15) is 45.4 Å². The van der Waals surface area contributed by atoms with Crippen LogP contribution in [0, 0.1) is 5.92 Å². The molecule has 0 saturated heterocycles. The summed E-state index contributed by atoms with van der Waals surface area (Å²) in [5, 5.41) is 0. The van der Waals surface area contributed by atoms with Crippen LogP contribution in [0.15, 0.2) is 0 Å². The number of ether oxygens (including phenoxy) is 2. The summed E-state index contributed by atoms with van der Waals surface area (Å²) < 4.78 is 10.7. The van der Waals surface area contributed by atoms with Gasteiger partial charge in [-0.15, -0.1) is 0 Å². The van der Waals surface area contributed by atoms with Gasteiger partial charge in [-0.2, -0.15) is 0 Å². The summed E-state index contributed by atoms with van der Waals surface area (Å²) in [6.45, 7) is 1.99. The Morgan fingerprint density at radius 1 is 1.38 bits per heavy atom. The van der Waals surface area contributed by atoms with Gasteiger partial charge in [0.15, 0.2) is 0 Å². The van der Waals surface area contributed by atoms with Crippen molar-refractivity contribution in [2.24, 2.45) is 5.92 Å². The number of hydrogen-bond donors (Lipinski definition) is 0. The lowest BCUT2D eigenvalue weighted by Crippen LogP contribution is -2.32. The molecule has 0 aliphatic heterocycles. The molecule has 1 aliphatic rings. The summed E-state index contributed by atoms with van der Waals surface area (Å²) in [6, 6.07) is 0. The molecule has 0 aromatic carbocycles. The second-order valence-corrected chi connectivity index (χ2v) is 5.82. The molecule has 4 heteroatoms. The Morgan fingerprint density at radius 3 is 2.50 bits per heavy atom. The Labute approximate surface area is 111 Å². The van der Waals surface area contributed by atoms with Crippen molar-refractivity contribution < 1.29 is 14.3 Å². The van der Waals surface area contributed by atoms with Crippen LogP contribution in [0.4, 0.5) is 0 Å². The molecule has 0 radical (unpaired) electrons. The van der Waals surface area contributed by atoms with Gasteiger partial charge in [0.25, 0.3) is 0 Å². The van der Waals surface area contributed by atoms with Crippen LogP contribution in [0.3, 0.4) is 0 Å². The smallest absolute Gasteiger partial charge is 0.321 e. The monoisotopic (exact) mass is 340 g/mol. The van der Waals surface area contributed by atoms with Gasteiger partial charge in [-0.1, -0.05) is 48.8 Å². The van der Waals surface area contributed by atoms with E-state index in [-0.39, 0.29) is 16.2 Å². The maximum absolute atomic E-state index is 11.7. The van der Waals surface area contributed by atoms with E-state index in [9.17, 15) is 4.79 Å².